The van der Waals surface area contributed by atoms with E-state index in [1.165, 1.54) is 12.8 Å². The highest BCUT2D eigenvalue weighted by molar-refractivity contribution is 6.72. The van der Waals surface area contributed by atoms with Crippen LogP contribution in [-0.4, -0.2) is 41.7 Å². The molecular formula is C12H30B4O5. The van der Waals surface area contributed by atoms with Crippen molar-refractivity contribution in [3.63, 3.8) is 0 Å². The number of hydrogen-bond acceptors (Lipinski definition) is 5. The molecule has 1 aliphatic heterocycles. The third kappa shape index (κ3) is 13.4. The third-order valence-corrected chi connectivity index (χ3v) is 2.85. The number of unbranched alkanes of at least 4 members (excludes halogenated alkanes) is 2. The van der Waals surface area contributed by atoms with Crippen molar-refractivity contribution in [1.29, 1.82) is 0 Å². The Balaban J connectivity index is 0.000000394. The standard InChI is InChI=1S/C9H21BO2.C3H9B3O3/c1-4-6-8-11-10(3)12-9-7-5-2;1-4-7-5(2)9-6(3)8-4/h4-9H2,1-3H3;1-3H3. The van der Waals surface area contributed by atoms with E-state index in [4.69, 9.17) is 23.0 Å². The molecule has 0 bridgehead atoms. The van der Waals surface area contributed by atoms with E-state index >= 15 is 0 Å². The van der Waals surface area contributed by atoms with Crippen LogP contribution in [0, 0.1) is 0 Å². The van der Waals surface area contributed by atoms with Gasteiger partial charge in [0.25, 0.3) is 0 Å². The smallest absolute Gasteiger partial charge is 0.453 e. The average molecular weight is 298 g/mol. The Bertz CT molecular complexity index is 203. The van der Waals surface area contributed by atoms with Crippen molar-refractivity contribution in [3.8, 4) is 0 Å². The quantitative estimate of drug-likeness (QED) is 0.509. The van der Waals surface area contributed by atoms with Gasteiger partial charge in [0.2, 0.25) is 0 Å². The van der Waals surface area contributed by atoms with Crippen LogP contribution in [0.15, 0.2) is 0 Å². The lowest BCUT2D eigenvalue weighted by Gasteiger charge is -2.25. The summed E-state index contributed by atoms with van der Waals surface area (Å²) >= 11 is 0. The van der Waals surface area contributed by atoms with Gasteiger partial charge < -0.3 is 23.0 Å². The lowest BCUT2D eigenvalue weighted by Crippen LogP contribution is -2.44. The van der Waals surface area contributed by atoms with Crippen LogP contribution in [0.5, 0.6) is 0 Å². The van der Waals surface area contributed by atoms with Gasteiger partial charge in [0.15, 0.2) is 0 Å². The molecule has 0 aliphatic carbocycles. The molecule has 1 saturated heterocycles. The molecule has 0 amide bonds. The van der Waals surface area contributed by atoms with Crippen LogP contribution < -0.4 is 0 Å². The van der Waals surface area contributed by atoms with E-state index in [-0.39, 0.29) is 28.5 Å². The monoisotopic (exact) mass is 298 g/mol. The summed E-state index contributed by atoms with van der Waals surface area (Å²) in [5.41, 5.74) is 0. The summed E-state index contributed by atoms with van der Waals surface area (Å²) in [6, 6.07) is 0. The Kier molecular flexibility index (Phi) is 13.7. The highest BCUT2D eigenvalue weighted by atomic mass is 16.7. The predicted molar refractivity (Wildman–Crippen MR) is 91.4 cm³/mol. The van der Waals surface area contributed by atoms with Gasteiger partial charge in [0.05, 0.1) is 0 Å². The first-order chi connectivity index (χ1) is 9.99. The molecule has 120 valence electrons. The summed E-state index contributed by atoms with van der Waals surface area (Å²) < 4.78 is 26.1. The highest BCUT2D eigenvalue weighted by Crippen LogP contribution is 2.06. The average Bonchev–Trinajstić information content (AvgIpc) is 2.38. The molecule has 0 saturated carbocycles. The van der Waals surface area contributed by atoms with E-state index in [0.29, 0.717) is 0 Å². The Morgan fingerprint density at radius 3 is 1.38 bits per heavy atom. The molecule has 0 aromatic carbocycles. The van der Waals surface area contributed by atoms with Crippen LogP contribution in [-0.2, 0) is 23.0 Å². The predicted octanol–water partition coefficient (Wildman–Crippen LogP) is 3.14. The zero-order valence-corrected chi connectivity index (χ0v) is 14.6. The fourth-order valence-electron chi connectivity index (χ4n) is 1.74. The Morgan fingerprint density at radius 2 is 1.10 bits per heavy atom. The molecule has 9 heteroatoms. The molecule has 0 aromatic heterocycles. The molecule has 1 heterocycles. The molecule has 0 aromatic rings. The van der Waals surface area contributed by atoms with Crippen LogP contribution in [0.4, 0.5) is 0 Å². The van der Waals surface area contributed by atoms with Gasteiger partial charge in [0, 0.05) is 13.2 Å². The Hall–Kier alpha value is 0.0597. The van der Waals surface area contributed by atoms with Crippen LogP contribution in [0.1, 0.15) is 39.5 Å². The van der Waals surface area contributed by atoms with Gasteiger partial charge >= 0.3 is 28.5 Å². The molecular weight excluding hydrogens is 267 g/mol. The van der Waals surface area contributed by atoms with Gasteiger partial charge in [-0.3, -0.25) is 0 Å². The molecule has 0 N–H and O–H groups in total. The Morgan fingerprint density at radius 1 is 0.762 bits per heavy atom. The normalized spacial score (nSPS) is 14.9. The van der Waals surface area contributed by atoms with Crippen molar-refractivity contribution in [2.75, 3.05) is 13.2 Å². The van der Waals surface area contributed by atoms with Crippen molar-refractivity contribution in [2.45, 2.75) is 66.8 Å². The van der Waals surface area contributed by atoms with Gasteiger partial charge in [0.1, 0.15) is 0 Å². The fourth-order valence-corrected chi connectivity index (χ4v) is 1.74. The minimum Gasteiger partial charge on any atom is -0.453 e. The van der Waals surface area contributed by atoms with Gasteiger partial charge in [-0.1, -0.05) is 26.7 Å². The van der Waals surface area contributed by atoms with E-state index in [2.05, 4.69) is 13.8 Å². The second-order valence-electron chi connectivity index (χ2n) is 5.13. The van der Waals surface area contributed by atoms with E-state index in [0.717, 1.165) is 26.1 Å². The van der Waals surface area contributed by atoms with E-state index in [1.807, 2.05) is 27.3 Å². The van der Waals surface area contributed by atoms with Crippen molar-refractivity contribution >= 4 is 28.5 Å². The molecule has 0 unspecified atom stereocenters. The summed E-state index contributed by atoms with van der Waals surface area (Å²) in [4.78, 5) is 0. The molecule has 5 nitrogen and oxygen atoms in total. The van der Waals surface area contributed by atoms with E-state index < -0.39 is 0 Å². The van der Waals surface area contributed by atoms with Crippen molar-refractivity contribution in [3.05, 3.63) is 0 Å². The number of hydrogen-bond donors (Lipinski definition) is 0. The van der Waals surface area contributed by atoms with Gasteiger partial charge in [-0.2, -0.15) is 0 Å². The van der Waals surface area contributed by atoms with Crippen LogP contribution in [0.3, 0.4) is 0 Å². The minimum absolute atomic E-state index is 0.0249. The first-order valence-corrected chi connectivity index (χ1v) is 8.19. The fraction of sp³-hybridized carbons (Fsp3) is 1.00. The van der Waals surface area contributed by atoms with Crippen LogP contribution in [0.25, 0.3) is 0 Å². The third-order valence-electron chi connectivity index (χ3n) is 2.85. The van der Waals surface area contributed by atoms with E-state index in [1.54, 1.807) is 0 Å². The van der Waals surface area contributed by atoms with Crippen molar-refractivity contribution in [2.24, 2.45) is 0 Å². The second kappa shape index (κ2) is 13.7. The first kappa shape index (κ1) is 21.1. The van der Waals surface area contributed by atoms with Gasteiger partial charge in [-0.25, -0.2) is 0 Å². The lowest BCUT2D eigenvalue weighted by atomic mass is 9.74. The van der Waals surface area contributed by atoms with Crippen molar-refractivity contribution < 1.29 is 23.0 Å². The maximum Gasteiger partial charge on any atom is 0.453 e. The van der Waals surface area contributed by atoms with Crippen molar-refractivity contribution in [1.82, 2.24) is 0 Å². The molecule has 0 atom stereocenters. The Labute approximate surface area is 132 Å². The topological polar surface area (TPSA) is 46.2 Å². The summed E-state index contributed by atoms with van der Waals surface area (Å²) in [6.45, 7) is 13.5. The number of rotatable bonds is 8. The zero-order valence-electron chi connectivity index (χ0n) is 14.6. The summed E-state index contributed by atoms with van der Waals surface area (Å²) in [6.07, 6.45) is 4.62. The van der Waals surface area contributed by atoms with Gasteiger partial charge in [-0.15, -0.1) is 0 Å². The van der Waals surface area contributed by atoms with Crippen LogP contribution >= 0.6 is 0 Å². The molecule has 0 radical (unpaired) electrons. The maximum absolute atomic E-state index is 5.41. The van der Waals surface area contributed by atoms with Gasteiger partial charge in [-0.05, 0) is 40.1 Å². The second-order valence-corrected chi connectivity index (χ2v) is 5.13. The largest absolute Gasteiger partial charge is 0.453 e. The summed E-state index contributed by atoms with van der Waals surface area (Å²) in [5.74, 6) is 0. The minimum atomic E-state index is -0.135. The highest BCUT2D eigenvalue weighted by Gasteiger charge is 2.31. The van der Waals surface area contributed by atoms with Crippen LogP contribution in [0.2, 0.25) is 27.3 Å². The summed E-state index contributed by atoms with van der Waals surface area (Å²) in [5, 5.41) is 0. The molecule has 1 fully saturated rings. The lowest BCUT2D eigenvalue weighted by molar-refractivity contribution is 0.197. The SMILES string of the molecule is CB1OB(C)OB(C)O1.CCCCOB(C)OCCCC. The molecule has 1 rings (SSSR count). The molecule has 0 spiro atoms. The zero-order chi connectivity index (χ0) is 16.1. The summed E-state index contributed by atoms with van der Waals surface area (Å²) in [7, 11) is -0.431. The first-order valence-electron chi connectivity index (χ1n) is 8.19. The maximum atomic E-state index is 5.41. The molecule has 1 aliphatic rings. The van der Waals surface area contributed by atoms with E-state index in [9.17, 15) is 0 Å². The molecule has 21 heavy (non-hydrogen) atoms.